The lowest BCUT2D eigenvalue weighted by Gasteiger charge is -2.23. The topological polar surface area (TPSA) is 150 Å². The number of carbonyl (C=O) groups is 1. The van der Waals surface area contributed by atoms with Crippen LogP contribution in [-0.4, -0.2) is 69.1 Å². The molecule has 1 unspecified atom stereocenters. The van der Waals surface area contributed by atoms with Gasteiger partial charge in [-0.2, -0.15) is 0 Å². The molecule has 10 nitrogen and oxygen atoms in total. The number of amidine groups is 2. The summed E-state index contributed by atoms with van der Waals surface area (Å²) in [5, 5.41) is 15.4. The lowest BCUT2D eigenvalue weighted by molar-refractivity contribution is -0.139. The summed E-state index contributed by atoms with van der Waals surface area (Å²) in [7, 11) is -4.04. The Bertz CT molecular complexity index is 1260. The summed E-state index contributed by atoms with van der Waals surface area (Å²) >= 11 is 0. The Morgan fingerprint density at radius 3 is 2.57 bits per heavy atom. The molecular weight excluding hydrogens is 494 g/mol. The number of anilines is 1. The van der Waals surface area contributed by atoms with E-state index in [4.69, 9.17) is 26.0 Å². The second kappa shape index (κ2) is 12.4. The fourth-order valence-electron chi connectivity index (χ4n) is 3.92. The predicted octanol–water partition coefficient (Wildman–Crippen LogP) is 2.83. The SMILES string of the molecule is CCOC(=O)CS(=O)(=O)N(C/C=C/c1cccc(C(=N)N)c1)c1ccc(OC2CCN(C(C)=N)C2)cc1. The zero-order chi connectivity index (χ0) is 27.0. The van der Waals surface area contributed by atoms with Gasteiger partial charge in [-0.05, 0) is 49.7 Å². The van der Waals surface area contributed by atoms with E-state index in [2.05, 4.69) is 0 Å². The van der Waals surface area contributed by atoms with Gasteiger partial charge in [0.25, 0.3) is 0 Å². The third-order valence-corrected chi connectivity index (χ3v) is 7.40. The van der Waals surface area contributed by atoms with Crippen LogP contribution in [0.15, 0.2) is 54.6 Å². The van der Waals surface area contributed by atoms with E-state index in [0.29, 0.717) is 29.4 Å². The number of rotatable bonds is 11. The first-order valence-corrected chi connectivity index (χ1v) is 13.5. The number of sulfonamides is 1. The average Bonchev–Trinajstić information content (AvgIpc) is 3.31. The lowest BCUT2D eigenvalue weighted by atomic mass is 10.1. The summed E-state index contributed by atoms with van der Waals surface area (Å²) in [4.78, 5) is 13.9. The number of nitrogens with zero attached hydrogens (tertiary/aromatic N) is 2. The van der Waals surface area contributed by atoms with Gasteiger partial charge in [-0.15, -0.1) is 0 Å². The van der Waals surface area contributed by atoms with Crippen LogP contribution < -0.4 is 14.8 Å². The van der Waals surface area contributed by atoms with Crippen LogP contribution in [0.25, 0.3) is 6.08 Å². The largest absolute Gasteiger partial charge is 0.489 e. The summed E-state index contributed by atoms with van der Waals surface area (Å²) in [6.07, 6.45) is 4.14. The smallest absolute Gasteiger partial charge is 0.323 e. The molecule has 1 heterocycles. The second-order valence-corrected chi connectivity index (χ2v) is 10.5. The van der Waals surface area contributed by atoms with Crippen LogP contribution in [-0.2, 0) is 19.6 Å². The molecule has 2 aromatic carbocycles. The summed E-state index contributed by atoms with van der Waals surface area (Å²) in [6, 6.07) is 13.7. The Morgan fingerprint density at radius 1 is 1.22 bits per heavy atom. The van der Waals surface area contributed by atoms with E-state index in [1.54, 1.807) is 68.5 Å². The Balaban J connectivity index is 1.79. The average molecular weight is 528 g/mol. The minimum Gasteiger partial charge on any atom is -0.489 e. The Hall–Kier alpha value is -3.86. The van der Waals surface area contributed by atoms with Gasteiger partial charge in [0.15, 0.2) is 5.75 Å². The molecule has 1 fully saturated rings. The van der Waals surface area contributed by atoms with Gasteiger partial charge in [0.1, 0.15) is 17.7 Å². The third kappa shape index (κ3) is 7.81. The number of nitrogen functional groups attached to an aromatic ring is 1. The van der Waals surface area contributed by atoms with Crippen LogP contribution in [0.4, 0.5) is 5.69 Å². The summed E-state index contributed by atoms with van der Waals surface area (Å²) < 4.78 is 38.3. The number of ether oxygens (including phenoxy) is 2. The Morgan fingerprint density at radius 2 is 1.95 bits per heavy atom. The molecule has 0 aliphatic carbocycles. The van der Waals surface area contributed by atoms with Crippen LogP contribution >= 0.6 is 0 Å². The molecule has 1 aliphatic heterocycles. The van der Waals surface area contributed by atoms with Gasteiger partial charge >= 0.3 is 5.97 Å². The van der Waals surface area contributed by atoms with Crippen LogP contribution in [0.1, 0.15) is 31.4 Å². The number of likely N-dealkylation sites (tertiary alicyclic amines) is 1. The molecule has 1 aliphatic rings. The molecule has 0 saturated carbocycles. The highest BCUT2D eigenvalue weighted by molar-refractivity contribution is 7.93. The van der Waals surface area contributed by atoms with Crippen molar-refractivity contribution in [3.8, 4) is 5.75 Å². The lowest BCUT2D eigenvalue weighted by Crippen LogP contribution is -2.36. The highest BCUT2D eigenvalue weighted by atomic mass is 32.2. The molecule has 198 valence electrons. The van der Waals surface area contributed by atoms with E-state index < -0.39 is 21.7 Å². The molecule has 2 aromatic rings. The van der Waals surface area contributed by atoms with Gasteiger partial charge in [0, 0.05) is 18.5 Å². The maximum atomic E-state index is 13.2. The monoisotopic (exact) mass is 527 g/mol. The number of hydrogen-bond donors (Lipinski definition) is 3. The number of esters is 1. The first kappa shape index (κ1) is 27.7. The van der Waals surface area contributed by atoms with Crippen molar-refractivity contribution >= 4 is 39.4 Å². The molecule has 0 amide bonds. The zero-order valence-corrected chi connectivity index (χ0v) is 21.8. The molecule has 0 radical (unpaired) electrons. The predicted molar refractivity (Wildman–Crippen MR) is 145 cm³/mol. The molecule has 1 saturated heterocycles. The van der Waals surface area contributed by atoms with Crippen LogP contribution in [0.5, 0.6) is 5.75 Å². The van der Waals surface area contributed by atoms with Crippen molar-refractivity contribution in [2.75, 3.05) is 36.3 Å². The maximum absolute atomic E-state index is 13.2. The highest BCUT2D eigenvalue weighted by Gasteiger charge is 2.27. The fraction of sp³-hybridized carbons (Fsp3) is 0.346. The zero-order valence-electron chi connectivity index (χ0n) is 21.0. The Kier molecular flexibility index (Phi) is 9.29. The van der Waals surface area contributed by atoms with Crippen LogP contribution in [0.2, 0.25) is 0 Å². The van der Waals surface area contributed by atoms with Gasteiger partial charge in [-0.25, -0.2) is 8.42 Å². The number of benzene rings is 2. The molecule has 3 rings (SSSR count). The van der Waals surface area contributed by atoms with Crippen LogP contribution in [0.3, 0.4) is 0 Å². The molecule has 4 N–H and O–H groups in total. The van der Waals surface area contributed by atoms with Crippen molar-refractivity contribution in [1.29, 1.82) is 10.8 Å². The van der Waals surface area contributed by atoms with Gasteiger partial charge in [0.05, 0.1) is 31.2 Å². The van der Waals surface area contributed by atoms with Crippen LogP contribution in [0, 0.1) is 10.8 Å². The van der Waals surface area contributed by atoms with Crippen molar-refractivity contribution in [1.82, 2.24) is 4.90 Å². The molecule has 0 spiro atoms. The van der Waals surface area contributed by atoms with Crippen molar-refractivity contribution in [2.45, 2.75) is 26.4 Å². The molecule has 37 heavy (non-hydrogen) atoms. The molecular formula is C26H33N5O5S. The fourth-order valence-corrected chi connectivity index (χ4v) is 5.21. The van der Waals surface area contributed by atoms with Gasteiger partial charge < -0.3 is 20.1 Å². The summed E-state index contributed by atoms with van der Waals surface area (Å²) in [6.45, 7) is 4.82. The number of nitrogens with one attached hydrogen (secondary N) is 2. The van der Waals surface area contributed by atoms with E-state index in [-0.39, 0.29) is 25.1 Å². The van der Waals surface area contributed by atoms with E-state index in [1.807, 2.05) is 11.0 Å². The second-order valence-electron chi connectivity index (χ2n) is 8.59. The van der Waals surface area contributed by atoms with Gasteiger partial charge in [-0.3, -0.25) is 19.9 Å². The minimum absolute atomic E-state index is 0.0254. The van der Waals surface area contributed by atoms with Gasteiger partial charge in [0.2, 0.25) is 10.0 Å². The van der Waals surface area contributed by atoms with Crippen molar-refractivity contribution in [3.63, 3.8) is 0 Å². The standard InChI is InChI=1S/C26H33N5O5S/c1-3-35-25(32)18-37(33,34)31(14-5-7-20-6-4-8-21(16-20)26(28)29)22-9-11-23(12-10-22)36-24-13-15-30(17-24)19(2)27/h4-12,16,24,27H,3,13-15,17-18H2,1-2H3,(H3,28,29)/b7-5+,27-19?. The van der Waals surface area contributed by atoms with E-state index in [0.717, 1.165) is 22.8 Å². The summed E-state index contributed by atoms with van der Waals surface area (Å²) in [5.74, 6) is -0.567. The first-order chi connectivity index (χ1) is 17.6. The van der Waals surface area contributed by atoms with Gasteiger partial charge in [-0.1, -0.05) is 30.4 Å². The quantitative estimate of drug-likeness (QED) is 0.231. The number of hydrogen-bond acceptors (Lipinski definition) is 7. The van der Waals surface area contributed by atoms with E-state index >= 15 is 0 Å². The molecule has 0 aromatic heterocycles. The Labute approximate surface area is 217 Å². The number of carbonyl (C=O) groups excluding carboxylic acids is 1. The van der Waals surface area contributed by atoms with E-state index in [1.165, 1.54) is 0 Å². The number of nitrogens with two attached hydrogens (primary N) is 1. The molecule has 1 atom stereocenters. The third-order valence-electron chi connectivity index (χ3n) is 5.77. The normalized spacial score (nSPS) is 15.5. The molecule has 11 heteroatoms. The minimum atomic E-state index is -4.04. The van der Waals surface area contributed by atoms with E-state index in [9.17, 15) is 13.2 Å². The van der Waals surface area contributed by atoms with Crippen molar-refractivity contribution in [3.05, 3.63) is 65.7 Å². The summed E-state index contributed by atoms with van der Waals surface area (Å²) in [5.41, 5.74) is 7.25. The van der Waals surface area contributed by atoms with Crippen molar-refractivity contribution in [2.24, 2.45) is 5.73 Å². The van der Waals surface area contributed by atoms with Crippen molar-refractivity contribution < 1.29 is 22.7 Å². The highest BCUT2D eigenvalue weighted by Crippen LogP contribution is 2.25. The maximum Gasteiger partial charge on any atom is 0.323 e. The molecule has 0 bridgehead atoms. The first-order valence-electron chi connectivity index (χ1n) is 11.9.